The highest BCUT2D eigenvalue weighted by atomic mass is 16.5. The second kappa shape index (κ2) is 10.00. The number of nitrogens with one attached hydrogen (secondary N) is 1. The van der Waals surface area contributed by atoms with Crippen molar-refractivity contribution in [1.29, 1.82) is 0 Å². The molecule has 0 saturated carbocycles. The maximum Gasteiger partial charge on any atom is 0.238 e. The Morgan fingerprint density at radius 2 is 1.48 bits per heavy atom. The van der Waals surface area contributed by atoms with Gasteiger partial charge in [-0.2, -0.15) is 0 Å². The molecule has 6 nitrogen and oxygen atoms in total. The van der Waals surface area contributed by atoms with Crippen LogP contribution in [0.3, 0.4) is 0 Å². The van der Waals surface area contributed by atoms with E-state index >= 15 is 0 Å². The number of methoxy groups -OCH3 is 1. The summed E-state index contributed by atoms with van der Waals surface area (Å²) in [4.78, 5) is 17.2. The van der Waals surface area contributed by atoms with Gasteiger partial charge in [0.1, 0.15) is 11.5 Å². The number of ether oxygens (including phenoxy) is 2. The third-order valence-electron chi connectivity index (χ3n) is 5.30. The molecule has 3 aromatic carbocycles. The van der Waals surface area contributed by atoms with Crippen LogP contribution >= 0.6 is 0 Å². The Morgan fingerprint density at radius 1 is 0.839 bits per heavy atom. The Hall–Kier alpha value is -3.51. The van der Waals surface area contributed by atoms with Crippen LogP contribution in [-0.4, -0.2) is 50.6 Å². The van der Waals surface area contributed by atoms with E-state index in [4.69, 9.17) is 9.47 Å². The van der Waals surface area contributed by atoms with Crippen molar-refractivity contribution < 1.29 is 14.3 Å². The molecule has 31 heavy (non-hydrogen) atoms. The molecular weight excluding hydrogens is 390 g/mol. The molecule has 6 heteroatoms. The predicted octanol–water partition coefficient (Wildman–Crippen LogP) is 4.25. The number of benzene rings is 3. The van der Waals surface area contributed by atoms with Gasteiger partial charge in [-0.25, -0.2) is 0 Å². The summed E-state index contributed by atoms with van der Waals surface area (Å²) in [5.74, 6) is 2.19. The largest absolute Gasteiger partial charge is 0.495 e. The molecule has 1 fully saturated rings. The van der Waals surface area contributed by atoms with E-state index in [0.717, 1.165) is 43.4 Å². The lowest BCUT2D eigenvalue weighted by atomic mass is 10.2. The molecule has 1 N–H and O–H groups in total. The van der Waals surface area contributed by atoms with Crippen molar-refractivity contribution in [3.05, 3.63) is 78.9 Å². The van der Waals surface area contributed by atoms with Crippen molar-refractivity contribution in [3.63, 3.8) is 0 Å². The van der Waals surface area contributed by atoms with E-state index in [-0.39, 0.29) is 5.91 Å². The molecule has 0 radical (unpaired) electrons. The topological polar surface area (TPSA) is 54.0 Å². The van der Waals surface area contributed by atoms with Crippen LogP contribution in [0.1, 0.15) is 0 Å². The lowest BCUT2D eigenvalue weighted by Gasteiger charge is -2.36. The fraction of sp³-hybridized carbons (Fsp3) is 0.240. The summed E-state index contributed by atoms with van der Waals surface area (Å²) in [5, 5.41) is 3.00. The molecule has 0 unspecified atom stereocenters. The highest BCUT2D eigenvalue weighted by Gasteiger charge is 2.21. The quantitative estimate of drug-likeness (QED) is 0.623. The van der Waals surface area contributed by atoms with Gasteiger partial charge in [0.2, 0.25) is 5.91 Å². The molecule has 4 rings (SSSR count). The van der Waals surface area contributed by atoms with Crippen LogP contribution in [0.4, 0.5) is 11.4 Å². The number of carbonyl (C=O) groups is 1. The molecule has 0 aromatic heterocycles. The van der Waals surface area contributed by atoms with E-state index in [1.807, 2.05) is 72.8 Å². The van der Waals surface area contributed by atoms with Crippen LogP contribution in [0.5, 0.6) is 17.2 Å². The minimum Gasteiger partial charge on any atom is -0.495 e. The van der Waals surface area contributed by atoms with E-state index in [1.165, 1.54) is 0 Å². The highest BCUT2D eigenvalue weighted by Crippen LogP contribution is 2.30. The zero-order valence-corrected chi connectivity index (χ0v) is 17.7. The van der Waals surface area contributed by atoms with Crippen LogP contribution in [0.25, 0.3) is 0 Å². The standard InChI is InChI=1S/C25H27N3O3/c1-30-24-14-8-6-12-22(24)28-17-15-27(16-18-28)19-25(29)26-21-11-5-7-13-23(21)31-20-9-3-2-4-10-20/h2-14H,15-19H2,1H3,(H,26,29). The number of piperazine rings is 1. The Morgan fingerprint density at radius 3 is 2.23 bits per heavy atom. The first-order chi connectivity index (χ1) is 15.2. The van der Waals surface area contributed by atoms with E-state index in [2.05, 4.69) is 21.2 Å². The summed E-state index contributed by atoms with van der Waals surface area (Å²) in [6, 6.07) is 25.1. The van der Waals surface area contributed by atoms with E-state index in [0.29, 0.717) is 18.0 Å². The number of nitrogens with zero attached hydrogens (tertiary/aromatic N) is 2. The Bertz CT molecular complexity index is 1000. The van der Waals surface area contributed by atoms with Crippen LogP contribution in [0.15, 0.2) is 78.9 Å². The zero-order chi connectivity index (χ0) is 21.5. The number of rotatable bonds is 7. The number of carbonyl (C=O) groups excluding carboxylic acids is 1. The minimum absolute atomic E-state index is 0.0464. The summed E-state index contributed by atoms with van der Waals surface area (Å²) in [6.45, 7) is 3.67. The Balaban J connectivity index is 1.32. The molecule has 1 saturated heterocycles. The highest BCUT2D eigenvalue weighted by molar-refractivity contribution is 5.93. The fourth-order valence-electron chi connectivity index (χ4n) is 3.71. The molecule has 1 amide bonds. The van der Waals surface area contributed by atoms with E-state index in [1.54, 1.807) is 7.11 Å². The number of para-hydroxylation sites is 5. The van der Waals surface area contributed by atoms with Crippen LogP contribution < -0.4 is 19.7 Å². The summed E-state index contributed by atoms with van der Waals surface area (Å²) >= 11 is 0. The van der Waals surface area contributed by atoms with Gasteiger partial charge in [0.25, 0.3) is 0 Å². The second-order valence-electron chi connectivity index (χ2n) is 7.39. The number of anilines is 2. The van der Waals surface area contributed by atoms with Crippen molar-refractivity contribution >= 4 is 17.3 Å². The molecule has 1 aliphatic rings. The number of hydrogen-bond donors (Lipinski definition) is 1. The van der Waals surface area contributed by atoms with E-state index in [9.17, 15) is 4.79 Å². The van der Waals surface area contributed by atoms with E-state index < -0.39 is 0 Å². The average molecular weight is 418 g/mol. The van der Waals surface area contributed by atoms with Gasteiger partial charge in [-0.15, -0.1) is 0 Å². The third-order valence-corrected chi connectivity index (χ3v) is 5.30. The molecule has 3 aromatic rings. The first kappa shape index (κ1) is 20.8. The van der Waals surface area contributed by atoms with Crippen molar-refractivity contribution in [2.45, 2.75) is 0 Å². The van der Waals surface area contributed by atoms with Gasteiger partial charge in [0.05, 0.1) is 25.0 Å². The SMILES string of the molecule is COc1ccccc1N1CCN(CC(=O)Nc2ccccc2Oc2ccccc2)CC1. The molecule has 0 spiro atoms. The van der Waals surface area contributed by atoms with Gasteiger partial charge in [-0.05, 0) is 36.4 Å². The minimum atomic E-state index is -0.0464. The van der Waals surface area contributed by atoms with Crippen molar-refractivity contribution in [3.8, 4) is 17.2 Å². The second-order valence-corrected chi connectivity index (χ2v) is 7.39. The predicted molar refractivity (Wildman–Crippen MR) is 123 cm³/mol. The first-order valence-corrected chi connectivity index (χ1v) is 10.4. The molecule has 160 valence electrons. The lowest BCUT2D eigenvalue weighted by molar-refractivity contribution is -0.117. The van der Waals surface area contributed by atoms with Crippen molar-refractivity contribution in [2.75, 3.05) is 50.1 Å². The Labute approximate surface area is 183 Å². The summed E-state index contributed by atoms with van der Waals surface area (Å²) in [7, 11) is 1.69. The van der Waals surface area contributed by atoms with Gasteiger partial charge in [-0.3, -0.25) is 9.69 Å². The Kier molecular flexibility index (Phi) is 6.69. The molecule has 1 heterocycles. The molecule has 0 aliphatic carbocycles. The molecule has 0 bridgehead atoms. The van der Waals surface area contributed by atoms with Crippen molar-refractivity contribution in [2.24, 2.45) is 0 Å². The first-order valence-electron chi connectivity index (χ1n) is 10.4. The normalized spacial score (nSPS) is 14.2. The monoisotopic (exact) mass is 417 g/mol. The summed E-state index contributed by atoms with van der Waals surface area (Å²) in [6.07, 6.45) is 0. The average Bonchev–Trinajstić information content (AvgIpc) is 2.81. The van der Waals surface area contributed by atoms with Crippen molar-refractivity contribution in [1.82, 2.24) is 4.90 Å². The fourth-order valence-corrected chi connectivity index (χ4v) is 3.71. The number of hydrogen-bond acceptors (Lipinski definition) is 5. The van der Waals surface area contributed by atoms with Gasteiger partial charge >= 0.3 is 0 Å². The molecule has 0 atom stereocenters. The van der Waals surface area contributed by atoms with Gasteiger partial charge in [0.15, 0.2) is 5.75 Å². The zero-order valence-electron chi connectivity index (χ0n) is 17.7. The maximum absolute atomic E-state index is 12.7. The number of amides is 1. The lowest BCUT2D eigenvalue weighted by Crippen LogP contribution is -2.48. The van der Waals surface area contributed by atoms with Crippen LogP contribution in [0.2, 0.25) is 0 Å². The van der Waals surface area contributed by atoms with Gasteiger partial charge < -0.3 is 19.7 Å². The third kappa shape index (κ3) is 5.35. The van der Waals surface area contributed by atoms with Crippen LogP contribution in [-0.2, 0) is 4.79 Å². The van der Waals surface area contributed by atoms with Gasteiger partial charge in [-0.1, -0.05) is 42.5 Å². The molecular formula is C25H27N3O3. The van der Waals surface area contributed by atoms with Gasteiger partial charge in [0, 0.05) is 26.2 Å². The summed E-state index contributed by atoms with van der Waals surface area (Å²) in [5.41, 5.74) is 1.77. The van der Waals surface area contributed by atoms with Crippen LogP contribution in [0, 0.1) is 0 Å². The maximum atomic E-state index is 12.7. The smallest absolute Gasteiger partial charge is 0.238 e. The summed E-state index contributed by atoms with van der Waals surface area (Å²) < 4.78 is 11.4. The molecule has 1 aliphatic heterocycles.